The highest BCUT2D eigenvalue weighted by atomic mass is 79.9. The number of nitrogens with zero attached hydrogens (tertiary/aromatic N) is 2. The van der Waals surface area contributed by atoms with Gasteiger partial charge in [-0.05, 0) is 53.0 Å². The minimum Gasteiger partial charge on any atom is -0.339 e. The molecule has 0 unspecified atom stereocenters. The zero-order valence-corrected chi connectivity index (χ0v) is 13.7. The standard InChI is InChI=1S/C12H10Br2ClN3/c1-6-3-8(13)4-7(2)10(6)18-12-9(14)11(15)16-5-17-12/h3-5H,1-2H3,(H,16,17,18). The molecule has 1 N–H and O–H groups in total. The van der Waals surface area contributed by atoms with Gasteiger partial charge in [-0.3, -0.25) is 0 Å². The van der Waals surface area contributed by atoms with Gasteiger partial charge in [-0.1, -0.05) is 27.5 Å². The normalized spacial score (nSPS) is 10.5. The molecule has 0 radical (unpaired) electrons. The number of nitrogens with one attached hydrogen (secondary N) is 1. The van der Waals surface area contributed by atoms with Crippen molar-refractivity contribution in [1.29, 1.82) is 0 Å². The zero-order valence-electron chi connectivity index (χ0n) is 9.76. The zero-order chi connectivity index (χ0) is 13.3. The second-order valence-electron chi connectivity index (χ2n) is 3.87. The van der Waals surface area contributed by atoms with Crippen LogP contribution in [0.2, 0.25) is 5.15 Å². The first-order valence-electron chi connectivity index (χ1n) is 5.19. The van der Waals surface area contributed by atoms with E-state index in [0.717, 1.165) is 21.3 Å². The van der Waals surface area contributed by atoms with Gasteiger partial charge in [0, 0.05) is 10.2 Å². The van der Waals surface area contributed by atoms with Crippen molar-refractivity contribution in [2.45, 2.75) is 13.8 Å². The quantitative estimate of drug-likeness (QED) is 0.731. The summed E-state index contributed by atoms with van der Waals surface area (Å²) in [6.45, 7) is 4.08. The molecule has 2 rings (SSSR count). The summed E-state index contributed by atoms with van der Waals surface area (Å²) in [4.78, 5) is 8.07. The van der Waals surface area contributed by atoms with Crippen molar-refractivity contribution >= 4 is 55.0 Å². The van der Waals surface area contributed by atoms with E-state index in [2.05, 4.69) is 47.1 Å². The molecule has 0 amide bonds. The van der Waals surface area contributed by atoms with Crippen molar-refractivity contribution in [2.24, 2.45) is 0 Å². The fourth-order valence-electron chi connectivity index (χ4n) is 1.66. The SMILES string of the molecule is Cc1cc(Br)cc(C)c1Nc1ncnc(Cl)c1Br. The maximum absolute atomic E-state index is 5.94. The lowest BCUT2D eigenvalue weighted by Gasteiger charge is -2.13. The predicted molar refractivity (Wildman–Crippen MR) is 81.6 cm³/mol. The van der Waals surface area contributed by atoms with Crippen molar-refractivity contribution in [3.05, 3.63) is 43.7 Å². The Labute approximate surface area is 127 Å². The van der Waals surface area contributed by atoms with Gasteiger partial charge in [0.25, 0.3) is 0 Å². The molecule has 2 aromatic rings. The number of hydrogen-bond donors (Lipinski definition) is 1. The first-order chi connectivity index (χ1) is 8.49. The topological polar surface area (TPSA) is 37.8 Å². The third-order valence-corrected chi connectivity index (χ3v) is 4.21. The summed E-state index contributed by atoms with van der Waals surface area (Å²) in [5.41, 5.74) is 3.28. The smallest absolute Gasteiger partial charge is 0.149 e. The Morgan fingerprint density at radius 2 is 1.72 bits per heavy atom. The molecule has 18 heavy (non-hydrogen) atoms. The van der Waals surface area contributed by atoms with Crippen molar-refractivity contribution in [2.75, 3.05) is 5.32 Å². The van der Waals surface area contributed by atoms with Crippen LogP contribution in [0.4, 0.5) is 11.5 Å². The van der Waals surface area contributed by atoms with Gasteiger partial charge in [0.1, 0.15) is 17.3 Å². The third kappa shape index (κ3) is 2.84. The van der Waals surface area contributed by atoms with E-state index in [0.29, 0.717) is 15.4 Å². The monoisotopic (exact) mass is 389 g/mol. The van der Waals surface area contributed by atoms with E-state index in [1.54, 1.807) is 0 Å². The Hall–Kier alpha value is -0.650. The van der Waals surface area contributed by atoms with E-state index in [1.165, 1.54) is 6.33 Å². The van der Waals surface area contributed by atoms with Gasteiger partial charge >= 0.3 is 0 Å². The molecule has 0 saturated heterocycles. The van der Waals surface area contributed by atoms with E-state index in [1.807, 2.05) is 26.0 Å². The Morgan fingerprint density at radius 3 is 2.33 bits per heavy atom. The van der Waals surface area contributed by atoms with Crippen LogP contribution in [0.25, 0.3) is 0 Å². The lowest BCUT2D eigenvalue weighted by molar-refractivity contribution is 1.15. The molecule has 0 aliphatic heterocycles. The van der Waals surface area contributed by atoms with Crippen LogP contribution < -0.4 is 5.32 Å². The molecule has 0 fully saturated rings. The van der Waals surface area contributed by atoms with Gasteiger partial charge in [-0.15, -0.1) is 0 Å². The molecule has 6 heteroatoms. The Kier molecular flexibility index (Phi) is 4.25. The molecular formula is C12H10Br2ClN3. The van der Waals surface area contributed by atoms with Crippen LogP contribution in [-0.2, 0) is 0 Å². The summed E-state index contributed by atoms with van der Waals surface area (Å²) in [7, 11) is 0. The van der Waals surface area contributed by atoms with Crippen LogP contribution in [0.5, 0.6) is 0 Å². The summed E-state index contributed by atoms with van der Waals surface area (Å²) < 4.78 is 1.72. The fourth-order valence-corrected chi connectivity index (χ4v) is 2.79. The average molecular weight is 391 g/mol. The van der Waals surface area contributed by atoms with Gasteiger partial charge < -0.3 is 5.32 Å². The number of benzene rings is 1. The minimum atomic E-state index is 0.389. The van der Waals surface area contributed by atoms with Crippen LogP contribution in [0.15, 0.2) is 27.4 Å². The summed E-state index contributed by atoms with van der Waals surface area (Å²) in [6, 6.07) is 4.10. The van der Waals surface area contributed by atoms with Crippen molar-refractivity contribution in [3.8, 4) is 0 Å². The van der Waals surface area contributed by atoms with Crippen LogP contribution in [0, 0.1) is 13.8 Å². The number of aryl methyl sites for hydroxylation is 2. The maximum Gasteiger partial charge on any atom is 0.149 e. The highest BCUT2D eigenvalue weighted by Gasteiger charge is 2.10. The first-order valence-corrected chi connectivity index (χ1v) is 7.15. The molecule has 0 aliphatic carbocycles. The Morgan fingerprint density at radius 1 is 1.11 bits per heavy atom. The lowest BCUT2D eigenvalue weighted by Crippen LogP contribution is -2.00. The summed E-state index contributed by atoms with van der Waals surface area (Å²) >= 11 is 12.8. The summed E-state index contributed by atoms with van der Waals surface area (Å²) in [6.07, 6.45) is 1.43. The number of halogens is 3. The van der Waals surface area contributed by atoms with Crippen LogP contribution in [-0.4, -0.2) is 9.97 Å². The van der Waals surface area contributed by atoms with E-state index in [-0.39, 0.29) is 0 Å². The number of rotatable bonds is 2. The van der Waals surface area contributed by atoms with E-state index >= 15 is 0 Å². The largest absolute Gasteiger partial charge is 0.339 e. The van der Waals surface area contributed by atoms with Crippen LogP contribution >= 0.6 is 43.5 Å². The van der Waals surface area contributed by atoms with Gasteiger partial charge in [0.05, 0.1) is 4.47 Å². The van der Waals surface area contributed by atoms with E-state index < -0.39 is 0 Å². The first kappa shape index (κ1) is 13.8. The Balaban J connectivity index is 2.43. The van der Waals surface area contributed by atoms with Gasteiger partial charge in [0.15, 0.2) is 0 Å². The molecule has 1 heterocycles. The highest BCUT2D eigenvalue weighted by molar-refractivity contribution is 9.11. The fraction of sp³-hybridized carbons (Fsp3) is 0.167. The molecule has 0 spiro atoms. The summed E-state index contributed by atoms with van der Waals surface area (Å²) in [5, 5.41) is 3.66. The van der Waals surface area contributed by atoms with Crippen molar-refractivity contribution < 1.29 is 0 Å². The maximum atomic E-state index is 5.94. The molecule has 0 atom stereocenters. The Bertz CT molecular complexity index is 579. The molecule has 3 nitrogen and oxygen atoms in total. The molecule has 0 saturated carbocycles. The molecule has 1 aromatic carbocycles. The van der Waals surface area contributed by atoms with Gasteiger partial charge in [-0.2, -0.15) is 0 Å². The molecule has 94 valence electrons. The van der Waals surface area contributed by atoms with Crippen molar-refractivity contribution in [3.63, 3.8) is 0 Å². The highest BCUT2D eigenvalue weighted by Crippen LogP contribution is 2.32. The van der Waals surface area contributed by atoms with Gasteiger partial charge in [-0.25, -0.2) is 9.97 Å². The van der Waals surface area contributed by atoms with Crippen molar-refractivity contribution in [1.82, 2.24) is 9.97 Å². The number of anilines is 2. The predicted octanol–water partition coefficient (Wildman–Crippen LogP) is 5.02. The molecule has 0 aliphatic rings. The second kappa shape index (κ2) is 5.55. The van der Waals surface area contributed by atoms with E-state index in [9.17, 15) is 0 Å². The third-order valence-electron chi connectivity index (χ3n) is 2.49. The minimum absolute atomic E-state index is 0.389. The number of hydrogen-bond acceptors (Lipinski definition) is 3. The molecule has 0 bridgehead atoms. The number of aromatic nitrogens is 2. The van der Waals surface area contributed by atoms with E-state index in [4.69, 9.17) is 11.6 Å². The van der Waals surface area contributed by atoms with Crippen LogP contribution in [0.3, 0.4) is 0 Å². The lowest BCUT2D eigenvalue weighted by atomic mass is 10.1. The summed E-state index contributed by atoms with van der Waals surface area (Å²) in [5.74, 6) is 0.656. The molecule has 1 aromatic heterocycles. The average Bonchev–Trinajstić information content (AvgIpc) is 2.28. The van der Waals surface area contributed by atoms with Crippen LogP contribution in [0.1, 0.15) is 11.1 Å². The van der Waals surface area contributed by atoms with Gasteiger partial charge in [0.2, 0.25) is 0 Å². The molecular weight excluding hydrogens is 381 g/mol. The second-order valence-corrected chi connectivity index (χ2v) is 5.93.